The Morgan fingerprint density at radius 2 is 1.91 bits per heavy atom. The lowest BCUT2D eigenvalue weighted by atomic mass is 9.81. The molecule has 0 unspecified atom stereocenters. The van der Waals surface area contributed by atoms with Crippen LogP contribution in [0.25, 0.3) is 0 Å². The minimum Gasteiger partial charge on any atom is -0.508 e. The van der Waals surface area contributed by atoms with Gasteiger partial charge in [0, 0.05) is 29.5 Å². The summed E-state index contributed by atoms with van der Waals surface area (Å²) in [5.41, 5.74) is 1.18. The molecule has 3 rings (SSSR count). The zero-order valence-electron chi connectivity index (χ0n) is 19.3. The van der Waals surface area contributed by atoms with E-state index in [-0.39, 0.29) is 16.9 Å². The molecule has 0 bridgehead atoms. The van der Waals surface area contributed by atoms with Gasteiger partial charge in [0.15, 0.2) is 6.61 Å². The van der Waals surface area contributed by atoms with E-state index in [1.54, 1.807) is 18.2 Å². The van der Waals surface area contributed by atoms with E-state index in [4.69, 9.17) is 9.84 Å². The van der Waals surface area contributed by atoms with E-state index in [9.17, 15) is 19.0 Å². The molecular formula is C24H33NO6S2. The summed E-state index contributed by atoms with van der Waals surface area (Å²) in [5, 5.41) is 18.9. The molecule has 182 valence electrons. The number of anilines is 2. The first-order valence-electron chi connectivity index (χ1n) is 11.0. The summed E-state index contributed by atoms with van der Waals surface area (Å²) in [6.07, 6.45) is 5.50. The number of hydrogen-bond donors (Lipinski definition) is 4. The number of rotatable bonds is 9. The van der Waals surface area contributed by atoms with Gasteiger partial charge in [-0.15, -0.1) is 11.8 Å². The number of phenolic OH excluding ortho intramolecular Hbond substituents is 1. The van der Waals surface area contributed by atoms with Crippen LogP contribution in [0, 0.1) is 5.41 Å². The number of phenols is 1. The Morgan fingerprint density at radius 1 is 1.21 bits per heavy atom. The van der Waals surface area contributed by atoms with E-state index in [0.717, 1.165) is 31.4 Å². The fourth-order valence-electron chi connectivity index (χ4n) is 4.34. The van der Waals surface area contributed by atoms with Crippen LogP contribution in [0.3, 0.4) is 0 Å². The lowest BCUT2D eigenvalue weighted by molar-refractivity contribution is -0.139. The number of fused-ring (bicyclic) bond motifs is 1. The quantitative estimate of drug-likeness (QED) is 0.295. The van der Waals surface area contributed by atoms with Crippen LogP contribution in [-0.4, -0.2) is 50.4 Å². The van der Waals surface area contributed by atoms with Crippen LogP contribution < -0.4 is 9.64 Å². The molecule has 2 aromatic rings. The standard InChI is InChI=1S/C24H33NO6S2/c1-4-6-11-24(5-2)15-25(17-7-9-18(26)10-8-17)19-12-21(32-3)20(31-14-23(27)28)13-22(19)33(29,30)16-24/h7-10,12-13,26,29-30H,4-6,11,14-16H2,1-3H3,(H,27,28)/t24-/m0/s1. The number of carboxylic acids is 1. The third kappa shape index (κ3) is 5.71. The molecule has 1 atom stereocenters. The van der Waals surface area contributed by atoms with Gasteiger partial charge in [-0.2, -0.15) is 10.6 Å². The number of benzene rings is 2. The van der Waals surface area contributed by atoms with Crippen molar-refractivity contribution < 1.29 is 28.8 Å². The third-order valence-corrected chi connectivity index (χ3v) is 9.02. The number of aliphatic carboxylic acids is 1. The molecule has 9 heteroatoms. The van der Waals surface area contributed by atoms with Crippen molar-refractivity contribution >= 4 is 39.7 Å². The summed E-state index contributed by atoms with van der Waals surface area (Å²) >= 11 is 1.41. The average molecular weight is 496 g/mol. The number of carboxylic acid groups (broad SMARTS) is 1. The highest BCUT2D eigenvalue weighted by Crippen LogP contribution is 2.62. The summed E-state index contributed by atoms with van der Waals surface area (Å²) in [7, 11) is -3.19. The van der Waals surface area contributed by atoms with Gasteiger partial charge in [-0.25, -0.2) is 4.79 Å². The van der Waals surface area contributed by atoms with Crippen LogP contribution in [0.2, 0.25) is 0 Å². The monoisotopic (exact) mass is 495 g/mol. The molecule has 0 fully saturated rings. The largest absolute Gasteiger partial charge is 0.508 e. The van der Waals surface area contributed by atoms with E-state index in [1.165, 1.54) is 11.8 Å². The molecule has 4 N–H and O–H groups in total. The highest BCUT2D eigenvalue weighted by molar-refractivity contribution is 8.24. The zero-order chi connectivity index (χ0) is 24.2. The van der Waals surface area contributed by atoms with Crippen molar-refractivity contribution in [2.45, 2.75) is 49.3 Å². The number of ether oxygens (including phenoxy) is 1. The van der Waals surface area contributed by atoms with Gasteiger partial charge in [-0.3, -0.25) is 9.11 Å². The second-order valence-electron chi connectivity index (χ2n) is 8.52. The third-order valence-electron chi connectivity index (χ3n) is 6.21. The van der Waals surface area contributed by atoms with Crippen LogP contribution in [0.15, 0.2) is 46.2 Å². The smallest absolute Gasteiger partial charge is 0.341 e. The number of unbranched alkanes of at least 4 members (excludes halogenated alkanes) is 1. The fourth-order valence-corrected chi connectivity index (χ4v) is 7.14. The van der Waals surface area contributed by atoms with Crippen molar-refractivity contribution in [1.82, 2.24) is 0 Å². The molecule has 0 saturated heterocycles. The Labute approximate surface area is 201 Å². The first kappa shape index (κ1) is 25.6. The maximum absolute atomic E-state index is 11.4. The fraction of sp³-hybridized carbons (Fsp3) is 0.458. The molecule has 1 aliphatic rings. The normalized spacial score (nSPS) is 20.6. The van der Waals surface area contributed by atoms with Crippen molar-refractivity contribution in [2.75, 3.05) is 30.1 Å². The Balaban J connectivity index is 2.22. The van der Waals surface area contributed by atoms with Crippen molar-refractivity contribution in [3.63, 3.8) is 0 Å². The van der Waals surface area contributed by atoms with Gasteiger partial charge < -0.3 is 19.8 Å². The minimum atomic E-state index is -3.19. The molecule has 0 aromatic heterocycles. The Morgan fingerprint density at radius 3 is 2.48 bits per heavy atom. The van der Waals surface area contributed by atoms with Gasteiger partial charge in [0.05, 0.1) is 15.5 Å². The van der Waals surface area contributed by atoms with Crippen LogP contribution in [0.5, 0.6) is 11.5 Å². The molecule has 1 aliphatic heterocycles. The molecule has 0 aliphatic carbocycles. The molecule has 2 aromatic carbocycles. The summed E-state index contributed by atoms with van der Waals surface area (Å²) < 4.78 is 28.4. The van der Waals surface area contributed by atoms with Crippen LogP contribution in [-0.2, 0) is 4.79 Å². The van der Waals surface area contributed by atoms with Gasteiger partial charge in [0.1, 0.15) is 11.5 Å². The molecule has 7 nitrogen and oxygen atoms in total. The molecule has 1 heterocycles. The summed E-state index contributed by atoms with van der Waals surface area (Å²) in [6, 6.07) is 10.3. The van der Waals surface area contributed by atoms with Crippen LogP contribution >= 0.6 is 22.4 Å². The second-order valence-corrected chi connectivity index (χ2v) is 11.4. The van der Waals surface area contributed by atoms with E-state index >= 15 is 0 Å². The van der Waals surface area contributed by atoms with Crippen molar-refractivity contribution in [1.29, 1.82) is 0 Å². The van der Waals surface area contributed by atoms with Gasteiger partial charge in [-0.1, -0.05) is 26.7 Å². The lowest BCUT2D eigenvalue weighted by Crippen LogP contribution is -2.37. The first-order chi connectivity index (χ1) is 15.6. The Hall–Kier alpha value is -2.07. The summed E-state index contributed by atoms with van der Waals surface area (Å²) in [6.45, 7) is 4.30. The van der Waals surface area contributed by atoms with Crippen molar-refractivity contribution in [3.05, 3.63) is 36.4 Å². The van der Waals surface area contributed by atoms with Gasteiger partial charge in [0.2, 0.25) is 0 Å². The first-order valence-corrected chi connectivity index (χ1v) is 14.0. The van der Waals surface area contributed by atoms with Crippen LogP contribution in [0.4, 0.5) is 11.4 Å². The van der Waals surface area contributed by atoms with Gasteiger partial charge >= 0.3 is 5.97 Å². The predicted molar refractivity (Wildman–Crippen MR) is 135 cm³/mol. The topological polar surface area (TPSA) is 110 Å². The highest BCUT2D eigenvalue weighted by atomic mass is 32.3. The molecular weight excluding hydrogens is 462 g/mol. The number of aromatic hydroxyl groups is 1. The zero-order valence-corrected chi connectivity index (χ0v) is 20.9. The molecule has 33 heavy (non-hydrogen) atoms. The van der Waals surface area contributed by atoms with E-state index in [2.05, 4.69) is 18.7 Å². The predicted octanol–water partition coefficient (Wildman–Crippen LogP) is 6.43. The van der Waals surface area contributed by atoms with Gasteiger partial charge in [-0.05, 0) is 49.4 Å². The molecule has 0 saturated carbocycles. The Bertz CT molecular complexity index is 982. The average Bonchev–Trinajstić information content (AvgIpc) is 2.88. The summed E-state index contributed by atoms with van der Waals surface area (Å²) in [4.78, 5) is 14.2. The highest BCUT2D eigenvalue weighted by Gasteiger charge is 2.42. The minimum absolute atomic E-state index is 0.160. The van der Waals surface area contributed by atoms with Gasteiger partial charge in [0.25, 0.3) is 0 Å². The van der Waals surface area contributed by atoms with E-state index in [0.29, 0.717) is 27.8 Å². The Kier molecular flexibility index (Phi) is 8.10. The number of carbonyl (C=O) groups is 1. The molecule has 0 radical (unpaired) electrons. The molecule has 0 amide bonds. The number of hydrogen-bond acceptors (Lipinski definition) is 7. The summed E-state index contributed by atoms with van der Waals surface area (Å²) in [5.74, 6) is -0.381. The second kappa shape index (κ2) is 10.5. The number of nitrogens with zero attached hydrogens (tertiary/aromatic N) is 1. The van der Waals surface area contributed by atoms with Crippen molar-refractivity contribution in [2.24, 2.45) is 5.41 Å². The molecule has 0 spiro atoms. The SMILES string of the molecule is CCCC[C@@]1(CC)CN(c2ccc(O)cc2)c2cc(SC)c(OCC(=O)O)cc2S(O)(O)C1. The van der Waals surface area contributed by atoms with E-state index < -0.39 is 23.2 Å². The van der Waals surface area contributed by atoms with Crippen molar-refractivity contribution in [3.8, 4) is 11.5 Å². The maximum Gasteiger partial charge on any atom is 0.341 e. The lowest BCUT2D eigenvalue weighted by Gasteiger charge is -2.41. The number of thioether (sulfide) groups is 1. The van der Waals surface area contributed by atoms with E-state index in [1.807, 2.05) is 24.5 Å². The van der Waals surface area contributed by atoms with Crippen LogP contribution in [0.1, 0.15) is 39.5 Å². The maximum atomic E-state index is 11.4.